The van der Waals surface area contributed by atoms with Gasteiger partial charge in [-0.15, -0.1) is 0 Å². The minimum atomic E-state index is 0.122. The van der Waals surface area contributed by atoms with Crippen LogP contribution in [0.2, 0.25) is 0 Å². The molecule has 1 atom stereocenters. The Morgan fingerprint density at radius 1 is 1.26 bits per heavy atom. The maximum Gasteiger partial charge on any atom is 0.103 e. The number of benzene rings is 1. The Morgan fingerprint density at radius 2 is 1.95 bits per heavy atom. The van der Waals surface area contributed by atoms with Crippen LogP contribution in [0.1, 0.15) is 33.3 Å². The molecule has 0 aliphatic carbocycles. The normalized spacial score (nSPS) is 13.0. The van der Waals surface area contributed by atoms with Gasteiger partial charge in [-0.1, -0.05) is 39.0 Å². The van der Waals surface area contributed by atoms with Gasteiger partial charge >= 0.3 is 0 Å². The van der Waals surface area contributed by atoms with E-state index < -0.39 is 0 Å². The Hall–Kier alpha value is -2.08. The molecule has 1 aromatic carbocycles. The average molecular weight is 253 g/mol. The van der Waals surface area contributed by atoms with E-state index in [1.807, 2.05) is 24.3 Å². The van der Waals surface area contributed by atoms with Gasteiger partial charge in [-0.3, -0.25) is 4.98 Å². The van der Waals surface area contributed by atoms with Crippen LogP contribution >= 0.6 is 0 Å². The molecule has 1 aromatic heterocycles. The van der Waals surface area contributed by atoms with Crippen LogP contribution in [-0.4, -0.2) is 11.0 Å². The first-order valence-electron chi connectivity index (χ1n) is 6.48. The second-order valence-electron chi connectivity index (χ2n) is 5.91. The van der Waals surface area contributed by atoms with Gasteiger partial charge in [0.1, 0.15) is 6.07 Å². The third-order valence-electron chi connectivity index (χ3n) is 3.56. The summed E-state index contributed by atoms with van der Waals surface area (Å²) in [6, 6.07) is 10.4. The van der Waals surface area contributed by atoms with Crippen molar-refractivity contribution in [3.8, 4) is 6.07 Å². The first-order chi connectivity index (χ1) is 8.93. The van der Waals surface area contributed by atoms with E-state index in [0.29, 0.717) is 5.56 Å². The summed E-state index contributed by atoms with van der Waals surface area (Å²) in [5, 5.41) is 13.7. The zero-order valence-corrected chi connectivity index (χ0v) is 11.9. The highest BCUT2D eigenvalue weighted by molar-refractivity contribution is 5.93. The molecular weight excluding hydrogens is 234 g/mol. The van der Waals surface area contributed by atoms with Gasteiger partial charge in [-0.05, 0) is 18.4 Å². The van der Waals surface area contributed by atoms with E-state index in [9.17, 15) is 5.26 Å². The Balaban J connectivity index is 2.54. The quantitative estimate of drug-likeness (QED) is 0.881. The fourth-order valence-corrected chi connectivity index (χ4v) is 1.81. The molecule has 0 amide bonds. The fraction of sp³-hybridized carbons (Fsp3) is 0.375. The summed E-state index contributed by atoms with van der Waals surface area (Å²) in [5.74, 6) is 0. The monoisotopic (exact) mass is 253 g/mol. The molecular formula is C16H19N3. The number of anilines is 1. The summed E-state index contributed by atoms with van der Waals surface area (Å²) in [4.78, 5) is 4.32. The van der Waals surface area contributed by atoms with Gasteiger partial charge in [0.2, 0.25) is 0 Å². The van der Waals surface area contributed by atoms with Crippen LogP contribution in [0.15, 0.2) is 30.5 Å². The molecule has 19 heavy (non-hydrogen) atoms. The number of fused-ring (bicyclic) bond motifs is 1. The molecule has 0 unspecified atom stereocenters. The number of hydrogen-bond acceptors (Lipinski definition) is 3. The number of aromatic nitrogens is 1. The summed E-state index contributed by atoms with van der Waals surface area (Å²) in [6.07, 6.45) is 1.64. The minimum Gasteiger partial charge on any atom is -0.380 e. The molecule has 0 saturated heterocycles. The van der Waals surface area contributed by atoms with Crippen LogP contribution in [0, 0.1) is 16.7 Å². The van der Waals surface area contributed by atoms with E-state index in [-0.39, 0.29) is 11.5 Å². The molecule has 98 valence electrons. The van der Waals surface area contributed by atoms with Crippen molar-refractivity contribution in [2.45, 2.75) is 33.7 Å². The van der Waals surface area contributed by atoms with Gasteiger partial charge < -0.3 is 5.32 Å². The average Bonchev–Trinajstić information content (AvgIpc) is 2.38. The molecule has 0 saturated carbocycles. The van der Waals surface area contributed by atoms with E-state index in [2.05, 4.69) is 44.1 Å². The lowest BCUT2D eigenvalue weighted by Crippen LogP contribution is -2.31. The van der Waals surface area contributed by atoms with E-state index in [1.54, 1.807) is 6.20 Å². The summed E-state index contributed by atoms with van der Waals surface area (Å²) >= 11 is 0. The summed E-state index contributed by atoms with van der Waals surface area (Å²) in [5.41, 5.74) is 2.51. The molecule has 2 aromatic rings. The van der Waals surface area contributed by atoms with Crippen molar-refractivity contribution in [3.63, 3.8) is 0 Å². The van der Waals surface area contributed by atoms with Gasteiger partial charge in [0.05, 0.1) is 16.8 Å². The Labute approximate surface area is 114 Å². The molecule has 1 heterocycles. The Bertz CT molecular complexity index is 632. The predicted octanol–water partition coefficient (Wildman–Crippen LogP) is 3.95. The van der Waals surface area contributed by atoms with E-state index in [1.165, 1.54) is 0 Å². The maximum atomic E-state index is 9.26. The second-order valence-corrected chi connectivity index (χ2v) is 5.91. The number of hydrogen-bond donors (Lipinski definition) is 1. The van der Waals surface area contributed by atoms with Crippen LogP contribution in [0.25, 0.3) is 10.9 Å². The number of nitrogens with one attached hydrogen (secondary N) is 1. The topological polar surface area (TPSA) is 48.7 Å². The van der Waals surface area contributed by atoms with Crippen molar-refractivity contribution in [1.82, 2.24) is 4.98 Å². The third-order valence-corrected chi connectivity index (χ3v) is 3.56. The molecule has 0 fully saturated rings. The number of nitrogens with zero attached hydrogens (tertiary/aromatic N) is 2. The number of para-hydroxylation sites is 1. The van der Waals surface area contributed by atoms with Crippen LogP contribution in [0.3, 0.4) is 0 Å². The highest BCUT2D eigenvalue weighted by atomic mass is 14.9. The minimum absolute atomic E-state index is 0.122. The van der Waals surface area contributed by atoms with Crippen LogP contribution in [-0.2, 0) is 0 Å². The summed E-state index contributed by atoms with van der Waals surface area (Å²) in [7, 11) is 0. The smallest absolute Gasteiger partial charge is 0.103 e. The molecule has 0 aliphatic heterocycles. The predicted molar refractivity (Wildman–Crippen MR) is 79.0 cm³/mol. The highest BCUT2D eigenvalue weighted by Crippen LogP contribution is 2.29. The van der Waals surface area contributed by atoms with Gasteiger partial charge in [-0.25, -0.2) is 0 Å². The molecule has 0 radical (unpaired) electrons. The van der Waals surface area contributed by atoms with Crippen molar-refractivity contribution >= 4 is 16.6 Å². The standard InChI is InChI=1S/C16H19N3/c1-11(16(2,3)4)19-15-12(9-17)10-18-14-8-6-5-7-13(14)15/h5-8,10-11H,1-4H3,(H,18,19)/t11-/m0/s1. The Morgan fingerprint density at radius 3 is 2.58 bits per heavy atom. The van der Waals surface area contributed by atoms with Crippen molar-refractivity contribution in [2.24, 2.45) is 5.41 Å². The van der Waals surface area contributed by atoms with Crippen molar-refractivity contribution in [1.29, 1.82) is 5.26 Å². The molecule has 3 heteroatoms. The third kappa shape index (κ3) is 2.68. The SMILES string of the molecule is C[C@H](Nc1c(C#N)cnc2ccccc12)C(C)(C)C. The van der Waals surface area contributed by atoms with Crippen molar-refractivity contribution in [3.05, 3.63) is 36.0 Å². The van der Waals surface area contributed by atoms with Crippen LogP contribution in [0.5, 0.6) is 0 Å². The Kier molecular flexibility index (Phi) is 3.44. The van der Waals surface area contributed by atoms with Crippen LogP contribution < -0.4 is 5.32 Å². The first kappa shape index (κ1) is 13.4. The van der Waals surface area contributed by atoms with E-state index in [4.69, 9.17) is 0 Å². The van der Waals surface area contributed by atoms with Gasteiger partial charge in [0, 0.05) is 17.6 Å². The molecule has 2 rings (SSSR count). The zero-order chi connectivity index (χ0) is 14.0. The summed E-state index contributed by atoms with van der Waals surface area (Å²) < 4.78 is 0. The van der Waals surface area contributed by atoms with Crippen LogP contribution in [0.4, 0.5) is 5.69 Å². The van der Waals surface area contributed by atoms with Gasteiger partial charge in [0.25, 0.3) is 0 Å². The van der Waals surface area contributed by atoms with Gasteiger partial charge in [0.15, 0.2) is 0 Å². The number of rotatable bonds is 2. The molecule has 0 bridgehead atoms. The zero-order valence-electron chi connectivity index (χ0n) is 11.9. The summed E-state index contributed by atoms with van der Waals surface area (Å²) in [6.45, 7) is 8.68. The second kappa shape index (κ2) is 4.89. The maximum absolute atomic E-state index is 9.26. The lowest BCUT2D eigenvalue weighted by atomic mass is 9.87. The number of pyridine rings is 1. The van der Waals surface area contributed by atoms with Crippen molar-refractivity contribution < 1.29 is 0 Å². The highest BCUT2D eigenvalue weighted by Gasteiger charge is 2.21. The van der Waals surface area contributed by atoms with E-state index in [0.717, 1.165) is 16.6 Å². The van der Waals surface area contributed by atoms with Gasteiger partial charge in [-0.2, -0.15) is 5.26 Å². The molecule has 1 N–H and O–H groups in total. The lowest BCUT2D eigenvalue weighted by molar-refractivity contribution is 0.359. The first-order valence-corrected chi connectivity index (χ1v) is 6.48. The molecule has 0 spiro atoms. The lowest BCUT2D eigenvalue weighted by Gasteiger charge is -2.29. The fourth-order valence-electron chi connectivity index (χ4n) is 1.81. The number of nitriles is 1. The molecule has 0 aliphatic rings. The van der Waals surface area contributed by atoms with E-state index >= 15 is 0 Å². The van der Waals surface area contributed by atoms with Crippen molar-refractivity contribution in [2.75, 3.05) is 5.32 Å². The largest absolute Gasteiger partial charge is 0.380 e. The molecule has 3 nitrogen and oxygen atoms in total.